The molecule has 1 heterocycles. The maximum atomic E-state index is 12.1. The highest BCUT2D eigenvalue weighted by atomic mass is 19.4. The lowest BCUT2D eigenvalue weighted by molar-refractivity contribution is -0.274. The molecule has 0 aromatic carbocycles. The first-order chi connectivity index (χ1) is 7.87. The predicted octanol–water partition coefficient (Wildman–Crippen LogP) is 1.09. The molecule has 0 radical (unpaired) electrons. The average Bonchev–Trinajstić information content (AvgIpc) is 2.20. The maximum Gasteiger partial charge on any atom is 0.573 e. The van der Waals surface area contributed by atoms with E-state index in [1.165, 1.54) is 6.07 Å². The number of nitrogens with zero attached hydrogens (tertiary/aromatic N) is 2. The summed E-state index contributed by atoms with van der Waals surface area (Å²) in [6, 6.07) is 3.07. The normalized spacial score (nSPS) is 11.0. The van der Waals surface area contributed by atoms with E-state index in [0.717, 1.165) is 0 Å². The molecule has 5 nitrogen and oxygen atoms in total. The van der Waals surface area contributed by atoms with Crippen LogP contribution in [0.5, 0.6) is 5.75 Å². The Hall–Kier alpha value is -2.01. The monoisotopic (exact) mass is 246 g/mol. The minimum absolute atomic E-state index is 0.0556. The second kappa shape index (κ2) is 4.88. The maximum absolute atomic E-state index is 12.1. The number of nitrogen functional groups attached to an aromatic ring is 1. The van der Waals surface area contributed by atoms with Crippen LogP contribution in [-0.4, -0.2) is 11.3 Å². The summed E-state index contributed by atoms with van der Waals surface area (Å²) >= 11 is 0. The van der Waals surface area contributed by atoms with Crippen LogP contribution in [0.1, 0.15) is 11.3 Å². The van der Waals surface area contributed by atoms with E-state index >= 15 is 0 Å². The molecule has 92 valence electrons. The number of anilines is 1. The molecular weight excluding hydrogens is 237 g/mol. The summed E-state index contributed by atoms with van der Waals surface area (Å²) in [6.45, 7) is -0.198. The first-order valence-electron chi connectivity index (χ1n) is 4.48. The highest BCUT2D eigenvalue weighted by Gasteiger charge is 2.33. The Morgan fingerprint density at radius 1 is 1.47 bits per heavy atom. The zero-order valence-electron chi connectivity index (χ0n) is 8.58. The van der Waals surface area contributed by atoms with Crippen molar-refractivity contribution < 1.29 is 17.9 Å². The molecule has 0 saturated carbocycles. The molecule has 0 unspecified atom stereocenters. The van der Waals surface area contributed by atoms with E-state index in [0.29, 0.717) is 0 Å². The van der Waals surface area contributed by atoms with E-state index in [9.17, 15) is 13.2 Å². The van der Waals surface area contributed by atoms with E-state index in [1.807, 2.05) is 6.07 Å². The number of aromatic nitrogens is 1. The van der Waals surface area contributed by atoms with Crippen LogP contribution >= 0.6 is 0 Å². The van der Waals surface area contributed by atoms with E-state index in [-0.39, 0.29) is 24.2 Å². The number of pyridine rings is 1. The summed E-state index contributed by atoms with van der Waals surface area (Å²) < 4.78 is 40.0. The first-order valence-corrected chi connectivity index (χ1v) is 4.48. The summed E-state index contributed by atoms with van der Waals surface area (Å²) in [4.78, 5) is 3.63. The number of halogens is 3. The number of rotatable bonds is 3. The summed E-state index contributed by atoms with van der Waals surface area (Å²) in [5.41, 5.74) is 10.9. The summed E-state index contributed by atoms with van der Waals surface area (Å²) in [6.07, 6.45) is -4.93. The molecule has 0 aliphatic carbocycles. The minimum Gasteiger partial charge on any atom is -0.401 e. The van der Waals surface area contributed by atoms with Crippen molar-refractivity contribution >= 4 is 5.82 Å². The van der Waals surface area contributed by atoms with Gasteiger partial charge >= 0.3 is 6.36 Å². The van der Waals surface area contributed by atoms with Crippen molar-refractivity contribution in [2.24, 2.45) is 5.73 Å². The Morgan fingerprint density at radius 2 is 2.12 bits per heavy atom. The Kier molecular flexibility index (Phi) is 3.75. The molecule has 1 aromatic rings. The second-order valence-electron chi connectivity index (χ2n) is 3.07. The SMILES string of the molecule is N#CCc1cc(CN)c(OC(F)(F)F)c(N)n1. The van der Waals surface area contributed by atoms with Gasteiger partial charge in [-0.15, -0.1) is 13.2 Å². The summed E-state index contributed by atoms with van der Waals surface area (Å²) in [5.74, 6) is -1.04. The van der Waals surface area contributed by atoms with Gasteiger partial charge in [-0.1, -0.05) is 0 Å². The zero-order valence-corrected chi connectivity index (χ0v) is 8.58. The molecule has 0 bridgehead atoms. The zero-order chi connectivity index (χ0) is 13.1. The lowest BCUT2D eigenvalue weighted by Gasteiger charge is -2.14. The molecule has 0 fully saturated rings. The first kappa shape index (κ1) is 13.1. The largest absolute Gasteiger partial charge is 0.573 e. The van der Waals surface area contributed by atoms with Crippen LogP contribution in [-0.2, 0) is 13.0 Å². The molecule has 4 N–H and O–H groups in total. The van der Waals surface area contributed by atoms with Gasteiger partial charge in [-0.3, -0.25) is 0 Å². The Bertz CT molecular complexity index is 453. The third-order valence-electron chi connectivity index (χ3n) is 1.83. The third-order valence-corrected chi connectivity index (χ3v) is 1.83. The highest BCUT2D eigenvalue weighted by molar-refractivity contribution is 5.52. The number of hydrogen-bond donors (Lipinski definition) is 2. The fourth-order valence-corrected chi connectivity index (χ4v) is 1.23. The molecule has 0 aliphatic heterocycles. The van der Waals surface area contributed by atoms with Crippen LogP contribution < -0.4 is 16.2 Å². The van der Waals surface area contributed by atoms with Gasteiger partial charge in [-0.25, -0.2) is 4.98 Å². The van der Waals surface area contributed by atoms with Crippen LogP contribution in [0.15, 0.2) is 6.07 Å². The lowest BCUT2D eigenvalue weighted by Crippen LogP contribution is -2.20. The molecule has 0 atom stereocenters. The summed E-state index contributed by atoms with van der Waals surface area (Å²) in [5, 5.41) is 8.46. The Balaban J connectivity index is 3.17. The van der Waals surface area contributed by atoms with Crippen LogP contribution in [0.25, 0.3) is 0 Å². The van der Waals surface area contributed by atoms with Gasteiger partial charge < -0.3 is 16.2 Å². The number of nitrogens with two attached hydrogens (primary N) is 2. The van der Waals surface area contributed by atoms with Gasteiger partial charge in [-0.05, 0) is 6.07 Å². The molecule has 0 aliphatic rings. The molecule has 1 aromatic heterocycles. The van der Waals surface area contributed by atoms with E-state index < -0.39 is 17.9 Å². The third kappa shape index (κ3) is 3.49. The fourth-order valence-electron chi connectivity index (χ4n) is 1.23. The van der Waals surface area contributed by atoms with Gasteiger partial charge in [0.25, 0.3) is 0 Å². The van der Waals surface area contributed by atoms with Crippen molar-refractivity contribution in [3.8, 4) is 11.8 Å². The molecule has 0 amide bonds. The topological polar surface area (TPSA) is 98.0 Å². The van der Waals surface area contributed by atoms with E-state index in [4.69, 9.17) is 16.7 Å². The van der Waals surface area contributed by atoms with Gasteiger partial charge in [0.05, 0.1) is 18.2 Å². The number of alkyl halides is 3. The average molecular weight is 246 g/mol. The molecule has 8 heteroatoms. The molecule has 0 saturated heterocycles. The van der Waals surface area contributed by atoms with E-state index in [2.05, 4.69) is 9.72 Å². The van der Waals surface area contributed by atoms with Crippen molar-refractivity contribution in [2.45, 2.75) is 19.3 Å². The Morgan fingerprint density at radius 3 is 2.59 bits per heavy atom. The van der Waals surface area contributed by atoms with Crippen LogP contribution in [0, 0.1) is 11.3 Å². The van der Waals surface area contributed by atoms with Crippen LogP contribution in [0.2, 0.25) is 0 Å². The van der Waals surface area contributed by atoms with E-state index in [1.54, 1.807) is 0 Å². The van der Waals surface area contributed by atoms with Gasteiger partial charge in [0, 0.05) is 12.1 Å². The van der Waals surface area contributed by atoms with Gasteiger partial charge in [0.2, 0.25) is 0 Å². The molecule has 1 rings (SSSR count). The number of nitriles is 1. The number of hydrogen-bond acceptors (Lipinski definition) is 5. The molecule has 17 heavy (non-hydrogen) atoms. The standard InChI is InChI=1S/C9H9F3N4O/c10-9(11,12)17-7-5(4-14)3-6(1-2-13)16-8(7)15/h3H,1,4,14H2,(H2,15,16). The van der Waals surface area contributed by atoms with Crippen molar-refractivity contribution in [1.82, 2.24) is 4.98 Å². The molecule has 0 spiro atoms. The van der Waals surface area contributed by atoms with Crippen molar-refractivity contribution in [1.29, 1.82) is 5.26 Å². The number of ether oxygens (including phenoxy) is 1. The highest BCUT2D eigenvalue weighted by Crippen LogP contribution is 2.31. The van der Waals surface area contributed by atoms with Gasteiger partial charge in [0.15, 0.2) is 11.6 Å². The van der Waals surface area contributed by atoms with Gasteiger partial charge in [-0.2, -0.15) is 5.26 Å². The van der Waals surface area contributed by atoms with Crippen molar-refractivity contribution in [3.05, 3.63) is 17.3 Å². The quantitative estimate of drug-likeness (QED) is 0.831. The predicted molar refractivity (Wildman–Crippen MR) is 52.5 cm³/mol. The van der Waals surface area contributed by atoms with Crippen molar-refractivity contribution in [3.63, 3.8) is 0 Å². The summed E-state index contributed by atoms with van der Waals surface area (Å²) in [7, 11) is 0. The molecular formula is C9H9F3N4O. The van der Waals surface area contributed by atoms with Gasteiger partial charge in [0.1, 0.15) is 0 Å². The van der Waals surface area contributed by atoms with Crippen molar-refractivity contribution in [2.75, 3.05) is 5.73 Å². The van der Waals surface area contributed by atoms with Crippen LogP contribution in [0.4, 0.5) is 19.0 Å². The second-order valence-corrected chi connectivity index (χ2v) is 3.07. The van der Waals surface area contributed by atoms with Crippen LogP contribution in [0.3, 0.4) is 0 Å². The fraction of sp³-hybridized carbons (Fsp3) is 0.333. The smallest absolute Gasteiger partial charge is 0.401 e. The lowest BCUT2D eigenvalue weighted by atomic mass is 10.1. The minimum atomic E-state index is -4.86. The Labute approximate surface area is 94.8 Å².